The van der Waals surface area contributed by atoms with Gasteiger partial charge in [-0.15, -0.1) is 0 Å². The summed E-state index contributed by atoms with van der Waals surface area (Å²) in [6.45, 7) is 0.350. The smallest absolute Gasteiger partial charge is 0.422 e. The van der Waals surface area contributed by atoms with Crippen LogP contribution < -0.4 is 16.4 Å². The number of hydrogen-bond acceptors (Lipinski definition) is 3. The lowest BCUT2D eigenvalue weighted by atomic mass is 10.0. The highest BCUT2D eigenvalue weighted by Gasteiger charge is 2.58. The molecule has 0 aromatic heterocycles. The number of carbonyl (C=O) groups is 2. The van der Waals surface area contributed by atoms with E-state index >= 15 is 0 Å². The number of hydrogen-bond donors (Lipinski definition) is 4. The molecule has 5 N–H and O–H groups in total. The number of urea groups is 1. The quantitative estimate of drug-likeness (QED) is 0.637. The van der Waals surface area contributed by atoms with Gasteiger partial charge < -0.3 is 21.5 Å². The van der Waals surface area contributed by atoms with Crippen molar-refractivity contribution in [2.24, 2.45) is 0 Å². The first-order valence-corrected chi connectivity index (χ1v) is 5.31. The number of nitrogens with one attached hydrogen (secondary N) is 2. The number of carbonyl (C=O) groups excluding carboxylic acids is 1. The highest BCUT2D eigenvalue weighted by molar-refractivity contribution is 5.96. The summed E-state index contributed by atoms with van der Waals surface area (Å²) in [5.41, 5.74) is 2.30. The lowest BCUT2D eigenvalue weighted by molar-refractivity contribution is -0.203. The van der Waals surface area contributed by atoms with Gasteiger partial charge in [-0.3, -0.25) is 0 Å². The second-order valence-electron chi connectivity index (χ2n) is 4.09. The Morgan fingerprint density at radius 1 is 1.25 bits per heavy atom. The number of aliphatic carboxylic acids is 1. The summed E-state index contributed by atoms with van der Waals surface area (Å²) >= 11 is 0. The largest absolute Gasteiger partial charge is 0.479 e. The van der Waals surface area contributed by atoms with Gasteiger partial charge in [0.2, 0.25) is 5.54 Å². The summed E-state index contributed by atoms with van der Waals surface area (Å²) in [7, 11) is 0. The standard InChI is InChI=1S/C11H12F3N3O3/c1-10(8(18)19,11(12,13)14)17-9(20)16-7-5-3-2-4-6(7)15/h2-5H,15H2,1H3,(H,18,19)(H2,16,17,20). The molecule has 20 heavy (non-hydrogen) atoms. The molecule has 1 rings (SSSR count). The van der Waals surface area contributed by atoms with Crippen molar-refractivity contribution in [3.05, 3.63) is 24.3 Å². The van der Waals surface area contributed by atoms with E-state index in [1.54, 1.807) is 6.07 Å². The second-order valence-corrected chi connectivity index (χ2v) is 4.09. The molecule has 1 aromatic carbocycles. The summed E-state index contributed by atoms with van der Waals surface area (Å²) in [5, 5.41) is 12.1. The number of alkyl halides is 3. The third-order valence-electron chi connectivity index (χ3n) is 2.57. The average molecular weight is 291 g/mol. The number of carboxylic acid groups (broad SMARTS) is 1. The normalized spacial score (nSPS) is 14.2. The monoisotopic (exact) mass is 291 g/mol. The van der Waals surface area contributed by atoms with Crippen molar-refractivity contribution < 1.29 is 27.9 Å². The molecule has 6 nitrogen and oxygen atoms in total. The summed E-state index contributed by atoms with van der Waals surface area (Å²) in [6.07, 6.45) is -5.15. The molecule has 0 aliphatic rings. The topological polar surface area (TPSA) is 104 Å². The van der Waals surface area contributed by atoms with Crippen molar-refractivity contribution >= 4 is 23.4 Å². The Balaban J connectivity index is 2.89. The summed E-state index contributed by atoms with van der Waals surface area (Å²) in [6, 6.07) is 4.53. The van der Waals surface area contributed by atoms with Gasteiger partial charge in [0.25, 0.3) is 0 Å². The first-order valence-electron chi connectivity index (χ1n) is 5.31. The second kappa shape index (κ2) is 5.27. The molecule has 1 aromatic rings. The third-order valence-corrected chi connectivity index (χ3v) is 2.57. The van der Waals surface area contributed by atoms with Crippen LogP contribution >= 0.6 is 0 Å². The van der Waals surface area contributed by atoms with Crippen LogP contribution in [0.3, 0.4) is 0 Å². The zero-order valence-electron chi connectivity index (χ0n) is 10.3. The van der Waals surface area contributed by atoms with Gasteiger partial charge in [0.1, 0.15) is 0 Å². The van der Waals surface area contributed by atoms with Gasteiger partial charge in [-0.2, -0.15) is 13.2 Å². The van der Waals surface area contributed by atoms with Gasteiger partial charge in [0.05, 0.1) is 11.4 Å². The van der Waals surface area contributed by atoms with Gasteiger partial charge in [0.15, 0.2) is 0 Å². The predicted octanol–water partition coefficient (Wildman–Crippen LogP) is 1.80. The lowest BCUT2D eigenvalue weighted by Gasteiger charge is -2.28. The Morgan fingerprint density at radius 2 is 1.80 bits per heavy atom. The van der Waals surface area contributed by atoms with E-state index < -0.39 is 23.7 Å². The fourth-order valence-corrected chi connectivity index (χ4v) is 1.24. The number of carboxylic acids is 1. The molecule has 0 heterocycles. The van der Waals surface area contributed by atoms with Crippen LogP contribution in [0.5, 0.6) is 0 Å². The number of nitrogen functional groups attached to an aromatic ring is 1. The maximum Gasteiger partial charge on any atom is 0.422 e. The highest BCUT2D eigenvalue weighted by Crippen LogP contribution is 2.30. The fraction of sp³-hybridized carbons (Fsp3) is 0.273. The minimum absolute atomic E-state index is 0.0694. The molecule has 0 aliphatic heterocycles. The maximum absolute atomic E-state index is 12.7. The maximum atomic E-state index is 12.7. The molecular formula is C11H12F3N3O3. The highest BCUT2D eigenvalue weighted by atomic mass is 19.4. The fourth-order valence-electron chi connectivity index (χ4n) is 1.24. The summed E-state index contributed by atoms with van der Waals surface area (Å²) in [4.78, 5) is 22.2. The minimum Gasteiger partial charge on any atom is -0.479 e. The summed E-state index contributed by atoms with van der Waals surface area (Å²) < 4.78 is 38.1. The molecular weight excluding hydrogens is 279 g/mol. The van der Waals surface area contributed by atoms with Crippen LogP contribution in [0.4, 0.5) is 29.3 Å². The van der Waals surface area contributed by atoms with Crippen LogP contribution in [0, 0.1) is 0 Å². The number of amides is 2. The van der Waals surface area contributed by atoms with Gasteiger partial charge in [0, 0.05) is 0 Å². The predicted molar refractivity (Wildman–Crippen MR) is 65.1 cm³/mol. The number of rotatable bonds is 3. The lowest BCUT2D eigenvalue weighted by Crippen LogP contribution is -2.62. The molecule has 0 spiro atoms. The van der Waals surface area contributed by atoms with Crippen molar-refractivity contribution in [2.45, 2.75) is 18.6 Å². The molecule has 0 saturated heterocycles. The number of anilines is 2. The Hall–Kier alpha value is -2.45. The first-order chi connectivity index (χ1) is 9.08. The molecule has 1 unspecified atom stereocenters. The molecule has 0 bridgehead atoms. The van der Waals surface area contributed by atoms with E-state index in [0.29, 0.717) is 6.92 Å². The van der Waals surface area contributed by atoms with Crippen LogP contribution in [0.2, 0.25) is 0 Å². The molecule has 2 amide bonds. The molecule has 0 aliphatic carbocycles. The van der Waals surface area contributed by atoms with E-state index in [-0.39, 0.29) is 11.4 Å². The van der Waals surface area contributed by atoms with Crippen LogP contribution in [0.1, 0.15) is 6.92 Å². The van der Waals surface area contributed by atoms with Gasteiger partial charge >= 0.3 is 18.2 Å². The van der Waals surface area contributed by atoms with Crippen LogP contribution in [-0.4, -0.2) is 28.8 Å². The molecule has 9 heteroatoms. The van der Waals surface area contributed by atoms with Gasteiger partial charge in [-0.05, 0) is 19.1 Å². The Morgan fingerprint density at radius 3 is 2.25 bits per heavy atom. The van der Waals surface area contributed by atoms with E-state index in [1.165, 1.54) is 23.5 Å². The van der Waals surface area contributed by atoms with Crippen LogP contribution in [0.15, 0.2) is 24.3 Å². The average Bonchev–Trinajstić information content (AvgIpc) is 2.30. The van der Waals surface area contributed by atoms with Crippen molar-refractivity contribution in [1.82, 2.24) is 5.32 Å². The van der Waals surface area contributed by atoms with Gasteiger partial charge in [-0.25, -0.2) is 9.59 Å². The minimum atomic E-state index is -5.15. The Bertz CT molecular complexity index is 533. The zero-order chi connectivity index (χ0) is 15.6. The van der Waals surface area contributed by atoms with Crippen molar-refractivity contribution in [3.63, 3.8) is 0 Å². The number of para-hydroxylation sites is 2. The van der Waals surface area contributed by atoms with Crippen LogP contribution in [0.25, 0.3) is 0 Å². The van der Waals surface area contributed by atoms with Crippen molar-refractivity contribution in [1.29, 1.82) is 0 Å². The van der Waals surface area contributed by atoms with E-state index in [4.69, 9.17) is 10.8 Å². The number of halogens is 3. The Kier molecular flexibility index (Phi) is 4.11. The Labute approximate surface area is 111 Å². The first kappa shape index (κ1) is 15.6. The van der Waals surface area contributed by atoms with Crippen LogP contribution in [-0.2, 0) is 4.79 Å². The molecule has 1 atom stereocenters. The zero-order valence-corrected chi connectivity index (χ0v) is 10.3. The van der Waals surface area contributed by atoms with E-state index in [2.05, 4.69) is 5.32 Å². The van der Waals surface area contributed by atoms with Gasteiger partial charge in [-0.1, -0.05) is 12.1 Å². The van der Waals surface area contributed by atoms with Crippen molar-refractivity contribution in [2.75, 3.05) is 11.1 Å². The molecule has 0 radical (unpaired) electrons. The number of nitrogens with two attached hydrogens (primary N) is 1. The number of benzene rings is 1. The third kappa shape index (κ3) is 3.11. The van der Waals surface area contributed by atoms with Crippen molar-refractivity contribution in [3.8, 4) is 0 Å². The SMILES string of the molecule is CC(NC(=O)Nc1ccccc1N)(C(=O)O)C(F)(F)F. The summed E-state index contributed by atoms with van der Waals surface area (Å²) in [5.74, 6) is -2.22. The van der Waals surface area contributed by atoms with E-state index in [9.17, 15) is 22.8 Å². The van der Waals surface area contributed by atoms with E-state index in [0.717, 1.165) is 0 Å². The molecule has 110 valence electrons. The molecule has 0 saturated carbocycles. The van der Waals surface area contributed by atoms with E-state index in [1.807, 2.05) is 0 Å². The molecule has 0 fully saturated rings.